The second kappa shape index (κ2) is 49.6. The summed E-state index contributed by atoms with van der Waals surface area (Å²) in [7, 11) is 0. The molecular weight excluding hydrogens is 2150 g/mol. The summed E-state index contributed by atoms with van der Waals surface area (Å²) in [6, 6.07) is 42.4. The van der Waals surface area contributed by atoms with Gasteiger partial charge in [-0.2, -0.15) is 0 Å². The number of nitrogens with zero attached hydrogens (tertiary/aromatic N) is 18. The molecule has 0 unspecified atom stereocenters. The van der Waals surface area contributed by atoms with E-state index in [0.29, 0.717) is 247 Å². The molecule has 0 aliphatic carbocycles. The van der Waals surface area contributed by atoms with Crippen molar-refractivity contribution < 1.29 is 20.4 Å². The van der Waals surface area contributed by atoms with Crippen molar-refractivity contribution >= 4 is 209 Å². The first-order valence-corrected chi connectivity index (χ1v) is 52.5. The Hall–Kier alpha value is -10.3. The number of piperidine rings is 5. The molecule has 6 aliphatic rings. The molecule has 0 bridgehead atoms. The highest BCUT2D eigenvalue weighted by molar-refractivity contribution is 6.47. The van der Waals surface area contributed by atoms with Crippen LogP contribution in [0.4, 0.5) is 69.8 Å². The molecular formula is C103H120Cl12N30O4. The number of halogens is 12. The second-order valence-electron chi connectivity index (χ2n) is 38.6. The highest BCUT2D eigenvalue weighted by Gasteiger charge is 2.43. The van der Waals surface area contributed by atoms with E-state index in [2.05, 4.69) is 93.9 Å². The fourth-order valence-corrected chi connectivity index (χ4v) is 20.3. The lowest BCUT2D eigenvalue weighted by molar-refractivity contribution is 0.0277. The van der Waals surface area contributed by atoms with Crippen molar-refractivity contribution in [2.75, 3.05) is 169 Å². The monoisotopic (exact) mass is 2260 g/mol. The van der Waals surface area contributed by atoms with Crippen LogP contribution in [-0.4, -0.2) is 220 Å². The van der Waals surface area contributed by atoms with Crippen LogP contribution in [0.1, 0.15) is 78.2 Å². The van der Waals surface area contributed by atoms with E-state index in [0.717, 1.165) is 83.0 Å². The van der Waals surface area contributed by atoms with Gasteiger partial charge in [-0.3, -0.25) is 0 Å². The van der Waals surface area contributed by atoms with E-state index in [1.807, 2.05) is 77.6 Å². The Kier molecular flexibility index (Phi) is 38.1. The molecule has 6 aliphatic heterocycles. The molecule has 46 heteroatoms. The van der Waals surface area contributed by atoms with Crippen LogP contribution >= 0.6 is 139 Å². The molecule has 13 aromatic rings. The van der Waals surface area contributed by atoms with Crippen molar-refractivity contribution in [3.63, 3.8) is 0 Å². The summed E-state index contributed by atoms with van der Waals surface area (Å²) in [5.74, 6) is 6.22. The van der Waals surface area contributed by atoms with Crippen molar-refractivity contribution in [3.05, 3.63) is 243 Å². The van der Waals surface area contributed by atoms with Crippen molar-refractivity contribution in [3.8, 4) is 67.5 Å². The molecule has 0 saturated carbocycles. The predicted molar refractivity (Wildman–Crippen MR) is 610 cm³/mol. The Morgan fingerprint density at radius 3 is 0.738 bits per heavy atom. The van der Waals surface area contributed by atoms with Gasteiger partial charge in [0.15, 0.2) is 34.9 Å². The first-order valence-electron chi connectivity index (χ1n) is 48.0. The van der Waals surface area contributed by atoms with Gasteiger partial charge in [-0.15, -0.1) is 0 Å². The van der Waals surface area contributed by atoms with E-state index in [4.69, 9.17) is 208 Å². The Bertz CT molecular complexity index is 6620. The zero-order valence-corrected chi connectivity index (χ0v) is 91.3. The van der Waals surface area contributed by atoms with Crippen molar-refractivity contribution in [1.29, 1.82) is 0 Å². The van der Waals surface area contributed by atoms with Gasteiger partial charge in [0.05, 0.1) is 122 Å². The summed E-state index contributed by atoms with van der Waals surface area (Å²) in [4.78, 5) is 65.6. The van der Waals surface area contributed by atoms with E-state index in [1.165, 1.54) is 5.56 Å². The lowest BCUT2D eigenvalue weighted by Gasteiger charge is -2.43. The van der Waals surface area contributed by atoms with Gasteiger partial charge in [0, 0.05) is 159 Å². The van der Waals surface area contributed by atoms with Gasteiger partial charge < -0.3 is 119 Å². The predicted octanol–water partition coefficient (Wildman–Crippen LogP) is 17.1. The summed E-state index contributed by atoms with van der Waals surface area (Å²) >= 11 is 73.8. The minimum absolute atomic E-state index is 0.00495. The summed E-state index contributed by atoms with van der Waals surface area (Å²) in [5, 5.41) is 46.2. The minimum atomic E-state index is -0.642. The molecule has 6 fully saturated rings. The standard InChI is InChI=1S/C22H23Cl2N5.2C17H21Cl2N5O.2C16H19Cl2N5O.C15H17Cl2N5/c23-17-8-4-7-16(19(17)24)20-21(26)28-18(13-27-20)29-11-9-22(14-25,10-12-29)15-5-2-1-3-6-15;2*1-17(9-20)5-6-24(8-12(17)25)13-7-22-15(16(21)23-13)10-3-2-4-11(18)14(10)19;2*1-16(20)5-6-23(8-11(16)24)12-7-21-14(15(19)22-12)9-3-2-4-10(17)13(9)18;16-11-3-1-2-10(13(11)17)14-15(19)21-12(7-20-14)22-5-4-9(6-18)8-22/h1-8,13H,9-12,14,25H2,(H2,26,28);2*2-4,7,12,25H,5-6,8-9,20H2,1H3,(H2,21,23);2*2-4,7,11,24H,5-6,8,20H2,1H3,(H2,19,22);1-3,7,9H,4-6,8,18H2,(H2,19,21)/t;2*12-,17-;2*11-,16-;9-/m.10101/s1. The number of anilines is 12. The summed E-state index contributed by atoms with van der Waals surface area (Å²) < 4.78 is 0. The number of nitrogens with two attached hydrogens (primary N) is 12. The molecule has 6 aromatic heterocycles. The van der Waals surface area contributed by atoms with Crippen LogP contribution in [0.2, 0.25) is 60.3 Å². The van der Waals surface area contributed by atoms with Crippen LogP contribution in [0, 0.1) is 16.7 Å². The first kappa shape index (κ1) is 114. The van der Waals surface area contributed by atoms with Gasteiger partial charge in [0.2, 0.25) is 0 Å². The Balaban J connectivity index is 0.000000141. The number of β-amino-alcohol motifs (C(OH)–C–C–N with tert-alkyl or cyclic N) is 4. The third-order valence-corrected chi connectivity index (χ3v) is 33.3. The number of rotatable bonds is 17. The number of hydrogen-bond acceptors (Lipinski definition) is 34. The average molecular weight is 2270 g/mol. The maximum absolute atomic E-state index is 10.4. The quantitative estimate of drug-likeness (QED) is 0.0402. The van der Waals surface area contributed by atoms with Crippen molar-refractivity contribution in [2.24, 2.45) is 51.1 Å². The molecule has 28 N–H and O–H groups in total. The summed E-state index contributed by atoms with van der Waals surface area (Å²) in [5.41, 5.74) is 78.8. The Morgan fingerprint density at radius 2 is 0.517 bits per heavy atom. The largest absolute Gasteiger partial charge is 0.391 e. The summed E-state index contributed by atoms with van der Waals surface area (Å²) in [6.45, 7) is 17.9. The number of nitrogen functional groups attached to an aromatic ring is 6. The first-order chi connectivity index (χ1) is 70.9. The SMILES string of the molecule is C[C@@]1(CN)CCN(c2cnc(-c3cccc(Cl)c3Cl)c(N)n2)C[C@@H]1O.C[C@@]1(N)CCN(c2cnc(-c3cccc(Cl)c3Cl)c(N)n2)C[C@H]1O.C[C@]1(CN)CCN(c2cnc(-c3cccc(Cl)c3Cl)c(N)n2)C[C@H]1O.C[C@]1(N)CCN(c2cnc(-c3cccc(Cl)c3Cl)c(N)n2)C[C@@H]1O.NCC1(c2ccccc2)CCN(c2cnc(-c3cccc(Cl)c3Cl)c(N)n2)CC1.NC[C@H]1CCN(c2cnc(-c3cccc(Cl)c3Cl)c(N)n2)C1. The van der Waals surface area contributed by atoms with Gasteiger partial charge in [-0.05, 0) is 113 Å². The Morgan fingerprint density at radius 1 is 0.282 bits per heavy atom. The lowest BCUT2D eigenvalue weighted by Crippen LogP contribution is -2.59. The maximum Gasteiger partial charge on any atom is 0.152 e. The van der Waals surface area contributed by atoms with Crippen LogP contribution in [0.5, 0.6) is 0 Å². The number of benzene rings is 7. The molecule has 6 saturated heterocycles. The van der Waals surface area contributed by atoms with Gasteiger partial charge in [0.1, 0.15) is 69.1 Å². The molecule has 12 heterocycles. The molecule has 9 atom stereocenters. The van der Waals surface area contributed by atoms with Crippen LogP contribution in [-0.2, 0) is 5.41 Å². The highest BCUT2D eigenvalue weighted by atomic mass is 35.5. The van der Waals surface area contributed by atoms with E-state index in [-0.39, 0.29) is 39.5 Å². The lowest BCUT2D eigenvalue weighted by atomic mass is 9.73. The molecule has 19 rings (SSSR count). The van der Waals surface area contributed by atoms with Crippen LogP contribution < -0.4 is 98.2 Å². The third kappa shape index (κ3) is 26.4. The Labute approximate surface area is 925 Å². The fraction of sp³-hybridized carbons (Fsp3) is 0.359. The van der Waals surface area contributed by atoms with E-state index < -0.39 is 35.5 Å². The molecule has 7 aromatic carbocycles. The van der Waals surface area contributed by atoms with E-state index in [9.17, 15) is 20.4 Å². The van der Waals surface area contributed by atoms with Gasteiger partial charge >= 0.3 is 0 Å². The molecule has 34 nitrogen and oxygen atoms in total. The average Bonchev–Trinajstić information content (AvgIpc) is 1.80. The smallest absolute Gasteiger partial charge is 0.152 e. The molecule has 0 spiro atoms. The highest BCUT2D eigenvalue weighted by Crippen LogP contribution is 2.46. The third-order valence-electron chi connectivity index (χ3n) is 28.4. The zero-order chi connectivity index (χ0) is 107. The number of aromatic nitrogens is 12. The van der Waals surface area contributed by atoms with Gasteiger partial charge in [-0.25, -0.2) is 59.8 Å². The van der Waals surface area contributed by atoms with Crippen molar-refractivity contribution in [2.45, 2.75) is 114 Å². The van der Waals surface area contributed by atoms with Gasteiger partial charge in [0.25, 0.3) is 0 Å². The van der Waals surface area contributed by atoms with Crippen LogP contribution in [0.15, 0.2) is 177 Å². The number of hydrogen-bond donors (Lipinski definition) is 16. The fourth-order valence-electron chi connectivity index (χ4n) is 18.0. The minimum Gasteiger partial charge on any atom is -0.391 e. The van der Waals surface area contributed by atoms with Gasteiger partial charge in [-0.1, -0.05) is 256 Å². The second-order valence-corrected chi connectivity index (χ2v) is 43.3. The van der Waals surface area contributed by atoms with Crippen LogP contribution in [0.25, 0.3) is 67.5 Å². The summed E-state index contributed by atoms with van der Waals surface area (Å²) in [6.07, 6.45) is 13.5. The molecule has 0 radical (unpaired) electrons. The van der Waals surface area contributed by atoms with E-state index in [1.54, 1.807) is 122 Å². The normalized spacial score (nSPS) is 21.5. The molecule has 0 amide bonds. The molecule has 149 heavy (non-hydrogen) atoms. The zero-order valence-electron chi connectivity index (χ0n) is 82.2. The van der Waals surface area contributed by atoms with E-state index >= 15 is 0 Å². The topological polar surface area (TPSA) is 567 Å². The maximum atomic E-state index is 10.4. The van der Waals surface area contributed by atoms with Crippen molar-refractivity contribution in [1.82, 2.24) is 59.8 Å². The number of aliphatic hydroxyl groups excluding tert-OH is 4. The molecule has 790 valence electrons. The van der Waals surface area contributed by atoms with Crippen LogP contribution in [0.3, 0.4) is 0 Å². The number of aliphatic hydroxyl groups is 4.